The molecule has 0 aliphatic heterocycles. The summed E-state index contributed by atoms with van der Waals surface area (Å²) < 4.78 is 40.4. The lowest BCUT2D eigenvalue weighted by Crippen LogP contribution is -2.31. The molecule has 0 aliphatic carbocycles. The quantitative estimate of drug-likeness (QED) is 0.671. The fourth-order valence-corrected chi connectivity index (χ4v) is 1.71. The minimum Gasteiger partial charge on any atom is -0.465 e. The van der Waals surface area contributed by atoms with Gasteiger partial charge in [-0.1, -0.05) is 20.8 Å². The van der Waals surface area contributed by atoms with Gasteiger partial charge in [-0.15, -0.1) is 0 Å². The van der Waals surface area contributed by atoms with Crippen LogP contribution in [0.3, 0.4) is 0 Å². The highest BCUT2D eigenvalue weighted by atomic mass is 19.4. The SMILES string of the molecule is CCC(C)(CC(C)C)C(=O)OCCC(F)(F)F. The number of rotatable bonds is 6. The van der Waals surface area contributed by atoms with Gasteiger partial charge in [0.2, 0.25) is 0 Å². The third kappa shape index (κ3) is 6.54. The first kappa shape index (κ1) is 16.3. The van der Waals surface area contributed by atoms with E-state index in [1.54, 1.807) is 6.92 Å². The van der Waals surface area contributed by atoms with E-state index in [9.17, 15) is 18.0 Å². The molecular weight excluding hydrogens is 233 g/mol. The van der Waals surface area contributed by atoms with E-state index in [4.69, 9.17) is 4.74 Å². The van der Waals surface area contributed by atoms with Crippen molar-refractivity contribution < 1.29 is 22.7 Å². The van der Waals surface area contributed by atoms with Crippen LogP contribution in [-0.2, 0) is 9.53 Å². The molecule has 0 rings (SSSR count). The van der Waals surface area contributed by atoms with Gasteiger partial charge >= 0.3 is 12.1 Å². The molecule has 0 heterocycles. The van der Waals surface area contributed by atoms with Crippen LogP contribution in [0.25, 0.3) is 0 Å². The highest BCUT2D eigenvalue weighted by Gasteiger charge is 2.35. The molecule has 0 fully saturated rings. The lowest BCUT2D eigenvalue weighted by Gasteiger charge is -2.27. The third-order valence-electron chi connectivity index (χ3n) is 2.75. The number of halogens is 3. The number of hydrogen-bond donors (Lipinski definition) is 0. The Bertz CT molecular complexity index is 249. The van der Waals surface area contributed by atoms with Gasteiger partial charge in [0.15, 0.2) is 0 Å². The number of carbonyl (C=O) groups excluding carboxylic acids is 1. The molecule has 2 nitrogen and oxygen atoms in total. The van der Waals surface area contributed by atoms with Crippen LogP contribution in [0, 0.1) is 11.3 Å². The predicted octanol–water partition coefficient (Wildman–Crippen LogP) is 3.94. The highest BCUT2D eigenvalue weighted by Crippen LogP contribution is 2.31. The van der Waals surface area contributed by atoms with Crippen LogP contribution < -0.4 is 0 Å². The van der Waals surface area contributed by atoms with Gasteiger partial charge in [-0.25, -0.2) is 0 Å². The maximum atomic E-state index is 11.9. The van der Waals surface area contributed by atoms with Crippen LogP contribution in [0.15, 0.2) is 0 Å². The molecule has 0 bridgehead atoms. The average Bonchev–Trinajstić information content (AvgIpc) is 2.14. The second-order valence-corrected chi connectivity index (χ2v) is 5.01. The van der Waals surface area contributed by atoms with Gasteiger partial charge in [-0.3, -0.25) is 4.79 Å². The molecule has 0 saturated carbocycles. The first-order valence-corrected chi connectivity index (χ1v) is 5.84. The second-order valence-electron chi connectivity index (χ2n) is 5.01. The predicted molar refractivity (Wildman–Crippen MR) is 59.5 cm³/mol. The maximum Gasteiger partial charge on any atom is 0.392 e. The van der Waals surface area contributed by atoms with Gasteiger partial charge in [0.25, 0.3) is 0 Å². The molecule has 0 saturated heterocycles. The summed E-state index contributed by atoms with van der Waals surface area (Å²) in [5.74, 6) is -0.229. The lowest BCUT2D eigenvalue weighted by molar-refractivity contribution is -0.167. The Morgan fingerprint density at radius 2 is 1.82 bits per heavy atom. The number of hydrogen-bond acceptors (Lipinski definition) is 2. The van der Waals surface area contributed by atoms with Gasteiger partial charge in [-0.2, -0.15) is 13.2 Å². The summed E-state index contributed by atoms with van der Waals surface area (Å²) in [6.45, 7) is 6.93. The van der Waals surface area contributed by atoms with E-state index in [-0.39, 0.29) is 0 Å². The Balaban J connectivity index is 4.26. The molecule has 0 aliphatic rings. The summed E-state index contributed by atoms with van der Waals surface area (Å²) in [6, 6.07) is 0. The van der Waals surface area contributed by atoms with E-state index in [0.29, 0.717) is 18.8 Å². The molecule has 102 valence electrons. The molecule has 17 heavy (non-hydrogen) atoms. The molecule has 5 heteroatoms. The molecule has 0 radical (unpaired) electrons. The van der Waals surface area contributed by atoms with E-state index >= 15 is 0 Å². The first-order chi connectivity index (χ1) is 7.60. The summed E-state index contributed by atoms with van der Waals surface area (Å²) in [7, 11) is 0. The Morgan fingerprint density at radius 1 is 1.29 bits per heavy atom. The minimum atomic E-state index is -4.28. The molecule has 0 aromatic rings. The van der Waals surface area contributed by atoms with Crippen molar-refractivity contribution in [3.05, 3.63) is 0 Å². The van der Waals surface area contributed by atoms with Crippen LogP contribution >= 0.6 is 0 Å². The maximum absolute atomic E-state index is 11.9. The Kier molecular flexibility index (Phi) is 5.99. The van der Waals surface area contributed by atoms with Gasteiger partial charge < -0.3 is 4.74 Å². The normalized spacial score (nSPS) is 15.8. The number of esters is 1. The molecular formula is C12H21F3O2. The molecule has 0 amide bonds. The van der Waals surface area contributed by atoms with E-state index < -0.39 is 30.6 Å². The zero-order valence-corrected chi connectivity index (χ0v) is 10.9. The minimum absolute atomic E-state index is 0.301. The molecule has 0 aromatic carbocycles. The number of alkyl halides is 3. The van der Waals surface area contributed by atoms with Crippen molar-refractivity contribution in [2.24, 2.45) is 11.3 Å². The summed E-state index contributed by atoms with van der Waals surface area (Å²) in [6.07, 6.45) is -4.18. The van der Waals surface area contributed by atoms with Crippen molar-refractivity contribution in [2.45, 2.75) is 53.1 Å². The van der Waals surface area contributed by atoms with Gasteiger partial charge in [0.05, 0.1) is 18.4 Å². The van der Waals surface area contributed by atoms with Crippen molar-refractivity contribution in [3.8, 4) is 0 Å². The standard InChI is InChI=1S/C12H21F3O2/c1-5-11(4,8-9(2)3)10(16)17-7-6-12(13,14)15/h9H,5-8H2,1-4H3. The summed E-state index contributed by atoms with van der Waals surface area (Å²) >= 11 is 0. The van der Waals surface area contributed by atoms with Crippen molar-refractivity contribution in [3.63, 3.8) is 0 Å². The van der Waals surface area contributed by atoms with Gasteiger partial charge in [0.1, 0.15) is 0 Å². The zero-order valence-electron chi connectivity index (χ0n) is 10.9. The molecule has 0 aromatic heterocycles. The summed E-state index contributed by atoms with van der Waals surface area (Å²) in [5.41, 5.74) is -0.681. The highest BCUT2D eigenvalue weighted by molar-refractivity contribution is 5.76. The van der Waals surface area contributed by atoms with E-state index in [1.807, 2.05) is 20.8 Å². The van der Waals surface area contributed by atoms with E-state index in [0.717, 1.165) is 0 Å². The molecule has 1 atom stereocenters. The largest absolute Gasteiger partial charge is 0.465 e. The Hall–Kier alpha value is -0.740. The number of carbonyl (C=O) groups is 1. The average molecular weight is 254 g/mol. The first-order valence-electron chi connectivity index (χ1n) is 5.84. The van der Waals surface area contributed by atoms with Crippen molar-refractivity contribution in [2.75, 3.05) is 6.61 Å². The van der Waals surface area contributed by atoms with Crippen molar-refractivity contribution in [1.82, 2.24) is 0 Å². The molecule has 0 N–H and O–H groups in total. The smallest absolute Gasteiger partial charge is 0.392 e. The zero-order chi connectivity index (χ0) is 13.7. The number of ether oxygens (including phenoxy) is 1. The van der Waals surface area contributed by atoms with Crippen molar-refractivity contribution in [1.29, 1.82) is 0 Å². The summed E-state index contributed by atoms with van der Waals surface area (Å²) in [4.78, 5) is 11.7. The monoisotopic (exact) mass is 254 g/mol. The van der Waals surface area contributed by atoms with E-state index in [2.05, 4.69) is 0 Å². The summed E-state index contributed by atoms with van der Waals surface area (Å²) in [5, 5.41) is 0. The lowest BCUT2D eigenvalue weighted by atomic mass is 9.80. The fourth-order valence-electron chi connectivity index (χ4n) is 1.71. The van der Waals surface area contributed by atoms with Gasteiger partial charge in [0, 0.05) is 0 Å². The fraction of sp³-hybridized carbons (Fsp3) is 0.917. The van der Waals surface area contributed by atoms with Crippen LogP contribution in [-0.4, -0.2) is 18.8 Å². The topological polar surface area (TPSA) is 26.3 Å². The third-order valence-corrected chi connectivity index (χ3v) is 2.75. The Labute approximate surface area is 101 Å². The van der Waals surface area contributed by atoms with E-state index in [1.165, 1.54) is 0 Å². The van der Waals surface area contributed by atoms with Crippen LogP contribution in [0.4, 0.5) is 13.2 Å². The Morgan fingerprint density at radius 3 is 2.18 bits per heavy atom. The molecule has 1 unspecified atom stereocenters. The van der Waals surface area contributed by atoms with Gasteiger partial charge in [-0.05, 0) is 25.7 Å². The molecule has 0 spiro atoms. The second kappa shape index (κ2) is 6.26. The van der Waals surface area contributed by atoms with Crippen LogP contribution in [0.2, 0.25) is 0 Å². The van der Waals surface area contributed by atoms with Crippen LogP contribution in [0.5, 0.6) is 0 Å². The van der Waals surface area contributed by atoms with Crippen molar-refractivity contribution >= 4 is 5.97 Å². The van der Waals surface area contributed by atoms with Crippen LogP contribution in [0.1, 0.15) is 47.0 Å².